The van der Waals surface area contributed by atoms with E-state index >= 15 is 0 Å². The molecule has 0 radical (unpaired) electrons. The van der Waals surface area contributed by atoms with Gasteiger partial charge in [-0.1, -0.05) is 52.2 Å². The number of rotatable bonds is 7. The van der Waals surface area contributed by atoms with Crippen LogP contribution >= 0.6 is 11.8 Å². The highest BCUT2D eigenvalue weighted by molar-refractivity contribution is 8.16. The van der Waals surface area contributed by atoms with Gasteiger partial charge in [0.1, 0.15) is 0 Å². The molecular formula is C15H12F5NO4S3. The van der Waals surface area contributed by atoms with Crippen molar-refractivity contribution in [3.63, 3.8) is 0 Å². The fraction of sp³-hybridized carbons (Fsp3) is 0.200. The summed E-state index contributed by atoms with van der Waals surface area (Å²) < 4.78 is 110. The largest absolute Gasteiger partial charge is 0.512 e. The van der Waals surface area contributed by atoms with Crippen molar-refractivity contribution >= 4 is 31.8 Å². The van der Waals surface area contributed by atoms with Gasteiger partial charge < -0.3 is 0 Å². The number of hydrogen-bond acceptors (Lipinski definition) is 5. The molecule has 0 spiro atoms. The van der Waals surface area contributed by atoms with Gasteiger partial charge in [0.2, 0.25) is 0 Å². The highest BCUT2D eigenvalue weighted by atomic mass is 32.3. The van der Waals surface area contributed by atoms with Crippen molar-refractivity contribution in [3.05, 3.63) is 66.2 Å². The molecule has 2 aromatic rings. The predicted molar refractivity (Wildman–Crippen MR) is 93.1 cm³/mol. The van der Waals surface area contributed by atoms with E-state index in [4.69, 9.17) is 0 Å². The van der Waals surface area contributed by atoms with Crippen LogP contribution in [0.25, 0.3) is 0 Å². The minimum atomic E-state index is -6.62. The van der Waals surface area contributed by atoms with Crippen molar-refractivity contribution in [1.82, 2.24) is 3.71 Å². The van der Waals surface area contributed by atoms with Crippen molar-refractivity contribution in [3.8, 4) is 0 Å². The number of thioether (sulfide) groups is 1. The van der Waals surface area contributed by atoms with Crippen LogP contribution in [0.1, 0.15) is 5.56 Å². The second kappa shape index (κ2) is 7.97. The van der Waals surface area contributed by atoms with E-state index in [1.54, 1.807) is 0 Å². The van der Waals surface area contributed by atoms with Crippen molar-refractivity contribution < 1.29 is 38.8 Å². The molecular weight excluding hydrogens is 449 g/mol. The first-order chi connectivity index (χ1) is 12.8. The molecule has 0 aromatic heterocycles. The standard InChI is InChI=1S/C15H12F5NO4S3/c16-14(17,18)27(22,23)21(11-12-7-3-1-4-8-12)28(24,25)15(19,20)26-13-9-5-2-6-10-13/h1-10H,11H2. The second-order valence-corrected chi connectivity index (χ2v) is 10.7. The Morgan fingerprint density at radius 1 is 0.750 bits per heavy atom. The summed E-state index contributed by atoms with van der Waals surface area (Å²) in [6.45, 7) is -1.43. The topological polar surface area (TPSA) is 71.5 Å². The Labute approximate surface area is 162 Å². The van der Waals surface area contributed by atoms with Crippen LogP contribution in [0.2, 0.25) is 0 Å². The molecule has 154 valence electrons. The molecule has 0 saturated carbocycles. The Morgan fingerprint density at radius 2 is 1.21 bits per heavy atom. The van der Waals surface area contributed by atoms with Crippen LogP contribution < -0.4 is 0 Å². The number of alkyl halides is 5. The number of nitrogens with zero attached hydrogens (tertiary/aromatic N) is 1. The molecule has 0 aliphatic carbocycles. The van der Waals surface area contributed by atoms with E-state index in [-0.39, 0.29) is 10.5 Å². The van der Waals surface area contributed by atoms with E-state index in [0.717, 1.165) is 24.3 Å². The average Bonchev–Trinajstić information content (AvgIpc) is 2.59. The third kappa shape index (κ3) is 4.64. The third-order valence-corrected chi connectivity index (χ3v) is 8.58. The molecule has 0 heterocycles. The molecule has 28 heavy (non-hydrogen) atoms. The first kappa shape index (κ1) is 22.6. The smallest absolute Gasteiger partial charge is 0.204 e. The molecule has 5 nitrogen and oxygen atoms in total. The zero-order valence-electron chi connectivity index (χ0n) is 13.7. The first-order valence-corrected chi connectivity index (χ1v) is 11.0. The number of sulfonamides is 2. The summed E-state index contributed by atoms with van der Waals surface area (Å²) in [6.07, 6.45) is 0. The van der Waals surface area contributed by atoms with Crippen LogP contribution in [0, 0.1) is 0 Å². The molecule has 0 atom stereocenters. The molecule has 2 rings (SSSR count). The highest BCUT2D eigenvalue weighted by Gasteiger charge is 2.61. The van der Waals surface area contributed by atoms with Crippen molar-refractivity contribution in [2.75, 3.05) is 0 Å². The van der Waals surface area contributed by atoms with Crippen LogP contribution in [0.3, 0.4) is 0 Å². The SMILES string of the molecule is O=S(=O)(N(Cc1ccccc1)S(=O)(=O)C(F)(F)Sc1ccccc1)C(F)(F)F. The van der Waals surface area contributed by atoms with Crippen LogP contribution in [0.5, 0.6) is 0 Å². The molecule has 0 bridgehead atoms. The van der Waals surface area contributed by atoms with E-state index in [1.807, 2.05) is 0 Å². The molecule has 2 aromatic carbocycles. The maximum absolute atomic E-state index is 14.5. The summed E-state index contributed by atoms with van der Waals surface area (Å²) in [6, 6.07) is 12.5. The van der Waals surface area contributed by atoms with Gasteiger partial charge in [0.25, 0.3) is 0 Å². The van der Waals surface area contributed by atoms with Gasteiger partial charge in [-0.25, -0.2) is 16.8 Å². The van der Waals surface area contributed by atoms with Crippen molar-refractivity contribution in [1.29, 1.82) is 0 Å². The van der Waals surface area contributed by atoms with Crippen LogP contribution in [-0.4, -0.2) is 30.6 Å². The molecule has 0 saturated heterocycles. The van der Waals surface area contributed by atoms with Gasteiger partial charge in [-0.05, 0) is 29.5 Å². The predicted octanol–water partition coefficient (Wildman–Crippen LogP) is 4.01. The van der Waals surface area contributed by atoms with Crippen LogP contribution in [0.15, 0.2) is 65.6 Å². The van der Waals surface area contributed by atoms with Gasteiger partial charge in [-0.2, -0.15) is 22.0 Å². The Bertz CT molecular complexity index is 1010. The van der Waals surface area contributed by atoms with Gasteiger partial charge in [0.05, 0.1) is 6.54 Å². The second-order valence-electron chi connectivity index (χ2n) is 5.25. The Balaban J connectivity index is 2.54. The lowest BCUT2D eigenvalue weighted by Gasteiger charge is -2.27. The normalized spacial score (nSPS) is 13.6. The number of benzene rings is 2. The average molecular weight is 461 g/mol. The molecule has 0 aliphatic rings. The van der Waals surface area contributed by atoms with Crippen molar-refractivity contribution in [2.45, 2.75) is 21.5 Å². The number of halogens is 5. The van der Waals surface area contributed by atoms with E-state index in [1.165, 1.54) is 36.4 Å². The Hall–Kier alpha value is -1.70. The summed E-state index contributed by atoms with van der Waals surface area (Å²) in [5, 5.41) is 0. The molecule has 0 fully saturated rings. The highest BCUT2D eigenvalue weighted by Crippen LogP contribution is 2.44. The van der Waals surface area contributed by atoms with Crippen LogP contribution in [-0.2, 0) is 26.6 Å². The van der Waals surface area contributed by atoms with Gasteiger partial charge in [-0.15, -0.1) is 0 Å². The lowest BCUT2D eigenvalue weighted by atomic mass is 10.2. The van der Waals surface area contributed by atoms with Gasteiger partial charge >= 0.3 is 30.1 Å². The van der Waals surface area contributed by atoms with Gasteiger partial charge in [0, 0.05) is 4.90 Å². The molecule has 0 unspecified atom stereocenters. The summed E-state index contributed by atoms with van der Waals surface area (Å²) >= 11 is -0.576. The summed E-state index contributed by atoms with van der Waals surface area (Å²) in [4.78, 5) is -0.278. The maximum atomic E-state index is 14.5. The van der Waals surface area contributed by atoms with E-state index in [0.29, 0.717) is 0 Å². The first-order valence-electron chi connectivity index (χ1n) is 7.28. The molecule has 13 heteroatoms. The fourth-order valence-corrected chi connectivity index (χ4v) is 6.31. The zero-order chi connectivity index (χ0) is 21.2. The lowest BCUT2D eigenvalue weighted by Crippen LogP contribution is -2.49. The summed E-state index contributed by atoms with van der Waals surface area (Å²) in [5.74, 6) is 0. The van der Waals surface area contributed by atoms with E-state index in [9.17, 15) is 38.8 Å². The molecule has 0 aliphatic heterocycles. The van der Waals surface area contributed by atoms with Crippen molar-refractivity contribution in [2.24, 2.45) is 0 Å². The summed E-state index contributed by atoms with van der Waals surface area (Å²) in [7, 11) is -12.9. The monoisotopic (exact) mass is 461 g/mol. The Kier molecular flexibility index (Phi) is 6.43. The lowest BCUT2D eigenvalue weighted by molar-refractivity contribution is -0.0472. The zero-order valence-corrected chi connectivity index (χ0v) is 16.1. The van der Waals surface area contributed by atoms with Crippen LogP contribution in [0.4, 0.5) is 22.0 Å². The third-order valence-electron chi connectivity index (χ3n) is 3.26. The van der Waals surface area contributed by atoms with E-state index < -0.39 is 52.2 Å². The minimum Gasteiger partial charge on any atom is -0.204 e. The summed E-state index contributed by atoms with van der Waals surface area (Å²) in [5.41, 5.74) is -6.32. The molecule has 0 amide bonds. The van der Waals surface area contributed by atoms with Gasteiger partial charge in [0.15, 0.2) is 0 Å². The molecule has 0 N–H and O–H groups in total. The van der Waals surface area contributed by atoms with E-state index in [2.05, 4.69) is 0 Å². The minimum absolute atomic E-state index is 0.223. The quantitative estimate of drug-likeness (QED) is 0.460. The number of hydrogen-bond donors (Lipinski definition) is 0. The van der Waals surface area contributed by atoms with Gasteiger partial charge in [-0.3, -0.25) is 0 Å². The fourth-order valence-electron chi connectivity index (χ4n) is 1.94. The maximum Gasteiger partial charge on any atom is 0.512 e. The Morgan fingerprint density at radius 3 is 1.68 bits per heavy atom.